The summed E-state index contributed by atoms with van der Waals surface area (Å²) in [4.78, 5) is 16.7. The third-order valence-corrected chi connectivity index (χ3v) is 4.39. The van der Waals surface area contributed by atoms with Crippen LogP contribution in [0.25, 0.3) is 0 Å². The lowest BCUT2D eigenvalue weighted by Gasteiger charge is -2.12. The van der Waals surface area contributed by atoms with Gasteiger partial charge in [0.25, 0.3) is 5.91 Å². The van der Waals surface area contributed by atoms with Crippen LogP contribution in [0.3, 0.4) is 0 Å². The van der Waals surface area contributed by atoms with Crippen LogP contribution in [0.5, 0.6) is 0 Å². The second-order valence-corrected chi connectivity index (χ2v) is 6.79. The zero-order valence-corrected chi connectivity index (χ0v) is 18.6. The van der Waals surface area contributed by atoms with Crippen LogP contribution in [0.15, 0.2) is 29.3 Å². The van der Waals surface area contributed by atoms with Gasteiger partial charge in [0, 0.05) is 31.1 Å². The molecule has 1 aliphatic heterocycles. The Hall–Kier alpha value is -1.00. The van der Waals surface area contributed by atoms with Gasteiger partial charge in [0.2, 0.25) is 0 Å². The molecule has 0 radical (unpaired) electrons. The van der Waals surface area contributed by atoms with E-state index in [2.05, 4.69) is 27.2 Å². The van der Waals surface area contributed by atoms with Crippen molar-refractivity contribution in [2.24, 2.45) is 4.99 Å². The monoisotopic (exact) mass is 492 g/mol. The number of guanidine groups is 1. The zero-order chi connectivity index (χ0) is 17.9. The van der Waals surface area contributed by atoms with Crippen molar-refractivity contribution in [3.8, 4) is 0 Å². The van der Waals surface area contributed by atoms with Gasteiger partial charge < -0.3 is 20.7 Å². The molecule has 1 aromatic rings. The van der Waals surface area contributed by atoms with E-state index in [1.165, 1.54) is 0 Å². The fraction of sp³-hybridized carbons (Fsp3) is 0.556. The first-order valence-electron chi connectivity index (χ1n) is 8.75. The fourth-order valence-corrected chi connectivity index (χ4v) is 2.84. The first-order chi connectivity index (χ1) is 12.2. The lowest BCUT2D eigenvalue weighted by molar-refractivity contribution is -0.124. The first kappa shape index (κ1) is 23.0. The molecule has 146 valence electrons. The van der Waals surface area contributed by atoms with Crippen LogP contribution < -0.4 is 16.0 Å². The Morgan fingerprint density at radius 1 is 1.38 bits per heavy atom. The third-order valence-electron chi connectivity index (χ3n) is 3.78. The van der Waals surface area contributed by atoms with Crippen molar-refractivity contribution < 1.29 is 9.53 Å². The summed E-state index contributed by atoms with van der Waals surface area (Å²) in [6, 6.07) is 7.80. The number of benzene rings is 1. The molecule has 1 aliphatic rings. The first-order valence-corrected chi connectivity index (χ1v) is 10.1. The smallest absolute Gasteiger partial charge is 0.253 e. The highest BCUT2D eigenvalue weighted by Gasteiger charge is 2.23. The lowest BCUT2D eigenvalue weighted by atomic mass is 10.2. The number of nitrogens with one attached hydrogen (secondary N) is 3. The summed E-state index contributed by atoms with van der Waals surface area (Å²) in [6.45, 7) is 4.97. The van der Waals surface area contributed by atoms with Crippen LogP contribution in [0.2, 0.25) is 0 Å². The maximum atomic E-state index is 12.1. The summed E-state index contributed by atoms with van der Waals surface area (Å²) in [6.07, 6.45) is 3.51. The Morgan fingerprint density at radius 2 is 2.23 bits per heavy atom. The number of amides is 1. The molecule has 1 aromatic carbocycles. The number of hydrogen-bond acceptors (Lipinski definition) is 4. The highest BCUT2D eigenvalue weighted by molar-refractivity contribution is 14.0. The van der Waals surface area contributed by atoms with Crippen LogP contribution in [-0.4, -0.2) is 49.7 Å². The molecule has 0 aromatic heterocycles. The van der Waals surface area contributed by atoms with Crippen LogP contribution in [0.4, 0.5) is 5.69 Å². The number of hydrogen-bond donors (Lipinski definition) is 3. The second-order valence-electron chi connectivity index (χ2n) is 5.81. The molecule has 1 fully saturated rings. The Bertz CT molecular complexity index is 580. The number of ether oxygens (including phenoxy) is 1. The van der Waals surface area contributed by atoms with Gasteiger partial charge in [-0.2, -0.15) is 11.8 Å². The molecule has 3 N–H and O–H groups in total. The molecule has 0 bridgehead atoms. The molecule has 2 rings (SSSR count). The van der Waals surface area contributed by atoms with Crippen LogP contribution in [-0.2, 0) is 16.1 Å². The van der Waals surface area contributed by atoms with Crippen molar-refractivity contribution in [1.82, 2.24) is 10.6 Å². The van der Waals surface area contributed by atoms with Crippen molar-refractivity contribution >= 4 is 53.3 Å². The fourth-order valence-electron chi connectivity index (χ4n) is 2.54. The summed E-state index contributed by atoms with van der Waals surface area (Å²) in [7, 11) is 0. The average Bonchev–Trinajstić information content (AvgIpc) is 3.15. The highest BCUT2D eigenvalue weighted by Crippen LogP contribution is 2.16. The third kappa shape index (κ3) is 8.13. The molecule has 0 aliphatic carbocycles. The van der Waals surface area contributed by atoms with Gasteiger partial charge in [0.05, 0.1) is 6.54 Å². The van der Waals surface area contributed by atoms with Crippen LogP contribution in [0, 0.1) is 0 Å². The predicted octanol–water partition coefficient (Wildman–Crippen LogP) is 2.84. The SMILES string of the molecule is CCNC(=NCc1cccc(NC(=O)C2CCCO2)c1)NCCSC.I. The van der Waals surface area contributed by atoms with Gasteiger partial charge in [0.1, 0.15) is 6.10 Å². The van der Waals surface area contributed by atoms with Crippen molar-refractivity contribution in [2.75, 3.05) is 37.0 Å². The minimum Gasteiger partial charge on any atom is -0.368 e. The molecule has 0 saturated carbocycles. The molecule has 1 unspecified atom stereocenters. The number of carbonyl (C=O) groups is 1. The van der Waals surface area contributed by atoms with E-state index in [1.807, 2.05) is 31.2 Å². The van der Waals surface area contributed by atoms with Crippen molar-refractivity contribution in [3.63, 3.8) is 0 Å². The van der Waals surface area contributed by atoms with Crippen molar-refractivity contribution in [1.29, 1.82) is 0 Å². The van der Waals surface area contributed by atoms with E-state index in [0.29, 0.717) is 13.2 Å². The molecule has 0 spiro atoms. The molecule has 1 amide bonds. The largest absolute Gasteiger partial charge is 0.368 e. The molecule has 1 atom stereocenters. The van der Waals surface area contributed by atoms with Gasteiger partial charge >= 0.3 is 0 Å². The Morgan fingerprint density at radius 3 is 2.92 bits per heavy atom. The van der Waals surface area contributed by atoms with Crippen molar-refractivity contribution in [3.05, 3.63) is 29.8 Å². The highest BCUT2D eigenvalue weighted by atomic mass is 127. The van der Waals surface area contributed by atoms with E-state index in [1.54, 1.807) is 11.8 Å². The average molecular weight is 492 g/mol. The van der Waals surface area contributed by atoms with Gasteiger partial charge in [-0.15, -0.1) is 24.0 Å². The number of anilines is 1. The van der Waals surface area contributed by atoms with Crippen LogP contribution >= 0.6 is 35.7 Å². The summed E-state index contributed by atoms with van der Waals surface area (Å²) in [5, 5.41) is 9.48. The number of nitrogens with zero attached hydrogens (tertiary/aromatic N) is 1. The number of thioether (sulfide) groups is 1. The van der Waals surface area contributed by atoms with E-state index < -0.39 is 0 Å². The van der Waals surface area contributed by atoms with Crippen molar-refractivity contribution in [2.45, 2.75) is 32.4 Å². The molecule has 8 heteroatoms. The summed E-state index contributed by atoms with van der Waals surface area (Å²) in [5.41, 5.74) is 1.83. The van der Waals surface area contributed by atoms with Gasteiger partial charge in [-0.1, -0.05) is 12.1 Å². The minimum absolute atomic E-state index is 0. The maximum Gasteiger partial charge on any atom is 0.253 e. The summed E-state index contributed by atoms with van der Waals surface area (Å²) >= 11 is 1.80. The number of aliphatic imine (C=N–C) groups is 1. The Labute approximate surface area is 177 Å². The summed E-state index contributed by atoms with van der Waals surface area (Å²) < 4.78 is 5.42. The summed E-state index contributed by atoms with van der Waals surface area (Å²) in [5.74, 6) is 1.78. The van der Waals surface area contributed by atoms with Gasteiger partial charge in [-0.3, -0.25) is 4.79 Å². The lowest BCUT2D eigenvalue weighted by Crippen LogP contribution is -2.38. The molecular formula is C18H29IN4O2S. The second kappa shape index (κ2) is 13.2. The predicted molar refractivity (Wildman–Crippen MR) is 121 cm³/mol. The topological polar surface area (TPSA) is 74.8 Å². The normalized spacial score (nSPS) is 16.7. The van der Waals surface area contributed by atoms with E-state index >= 15 is 0 Å². The quantitative estimate of drug-likeness (QED) is 0.225. The number of rotatable bonds is 8. The number of carbonyl (C=O) groups excluding carboxylic acids is 1. The van der Waals surface area contributed by atoms with Gasteiger partial charge in [-0.05, 0) is 43.7 Å². The van der Waals surface area contributed by atoms with E-state index in [4.69, 9.17) is 4.74 Å². The molecule has 1 saturated heterocycles. The Kier molecular flexibility index (Phi) is 11.7. The maximum absolute atomic E-state index is 12.1. The van der Waals surface area contributed by atoms with E-state index in [-0.39, 0.29) is 36.0 Å². The van der Waals surface area contributed by atoms with Crippen LogP contribution in [0.1, 0.15) is 25.3 Å². The van der Waals surface area contributed by atoms with Gasteiger partial charge in [0.15, 0.2) is 5.96 Å². The zero-order valence-electron chi connectivity index (χ0n) is 15.4. The molecule has 1 heterocycles. The molecular weight excluding hydrogens is 463 g/mol. The molecule has 26 heavy (non-hydrogen) atoms. The van der Waals surface area contributed by atoms with E-state index in [0.717, 1.165) is 48.9 Å². The van der Waals surface area contributed by atoms with Gasteiger partial charge in [-0.25, -0.2) is 4.99 Å². The Balaban J connectivity index is 0.00000338. The van der Waals surface area contributed by atoms with E-state index in [9.17, 15) is 4.79 Å². The standard InChI is InChI=1S/C18H28N4O2S.HI/c1-3-19-18(20-9-11-25-2)21-13-14-6-4-7-15(12-14)22-17(23)16-8-5-10-24-16;/h4,6-7,12,16H,3,5,8-11,13H2,1-2H3,(H,22,23)(H2,19,20,21);1H. The molecule has 6 nitrogen and oxygen atoms in total. The minimum atomic E-state index is -0.317. The number of halogens is 1.